The van der Waals surface area contributed by atoms with Crippen molar-refractivity contribution in [3.8, 4) is 11.1 Å². The molecule has 1 heteroatoms. The van der Waals surface area contributed by atoms with Gasteiger partial charge in [0, 0.05) is 6.54 Å². The van der Waals surface area contributed by atoms with Gasteiger partial charge in [0.05, 0.1) is 0 Å². The summed E-state index contributed by atoms with van der Waals surface area (Å²) in [5.74, 6) is 0. The molecular weight excluding hydrogens is 230 g/mol. The highest BCUT2D eigenvalue weighted by Gasteiger charge is 2.00. The highest BCUT2D eigenvalue weighted by atomic mass is 15.0. The van der Waals surface area contributed by atoms with Gasteiger partial charge in [0.1, 0.15) is 0 Å². The lowest BCUT2D eigenvalue weighted by molar-refractivity contribution is 0.417. The predicted octanol–water partition coefficient (Wildman–Crippen LogP) is 4.32. The molecule has 0 atom stereocenters. The van der Waals surface area contributed by atoms with E-state index in [0.717, 1.165) is 13.0 Å². The summed E-state index contributed by atoms with van der Waals surface area (Å²) in [5, 5.41) is 0. The number of rotatable bonds is 5. The normalized spacial score (nSPS) is 11.3. The third-order valence-corrected chi connectivity index (χ3v) is 3.09. The van der Waals surface area contributed by atoms with E-state index in [-0.39, 0.29) is 0 Å². The molecule has 0 saturated heterocycles. The average Bonchev–Trinajstić information content (AvgIpc) is 2.45. The summed E-state index contributed by atoms with van der Waals surface area (Å²) in [7, 11) is 4.21. The fraction of sp³-hybridized carbons (Fsp3) is 0.222. The number of hydrogen-bond acceptors (Lipinski definition) is 1. The summed E-state index contributed by atoms with van der Waals surface area (Å²) in [6, 6.07) is 19.1. The third-order valence-electron chi connectivity index (χ3n) is 3.09. The lowest BCUT2D eigenvalue weighted by Gasteiger charge is -2.07. The van der Waals surface area contributed by atoms with Gasteiger partial charge in [-0.2, -0.15) is 0 Å². The predicted molar refractivity (Wildman–Crippen MR) is 84.1 cm³/mol. The van der Waals surface area contributed by atoms with Gasteiger partial charge in [-0.05, 0) is 37.2 Å². The van der Waals surface area contributed by atoms with Crippen molar-refractivity contribution in [2.24, 2.45) is 0 Å². The van der Waals surface area contributed by atoms with Crippen molar-refractivity contribution < 1.29 is 0 Å². The molecular formula is C18H21N. The van der Waals surface area contributed by atoms with Gasteiger partial charge in [-0.3, -0.25) is 0 Å². The summed E-state index contributed by atoms with van der Waals surface area (Å²) in [4.78, 5) is 2.20. The van der Waals surface area contributed by atoms with Crippen LogP contribution in [0.1, 0.15) is 12.0 Å². The van der Waals surface area contributed by atoms with Crippen molar-refractivity contribution >= 4 is 6.08 Å². The average molecular weight is 251 g/mol. The fourth-order valence-corrected chi connectivity index (χ4v) is 2.07. The number of nitrogens with zero attached hydrogens (tertiary/aromatic N) is 1. The maximum atomic E-state index is 2.25. The van der Waals surface area contributed by atoms with Gasteiger partial charge >= 0.3 is 0 Å². The lowest BCUT2D eigenvalue weighted by Crippen LogP contribution is -2.11. The van der Waals surface area contributed by atoms with Gasteiger partial charge < -0.3 is 4.90 Å². The van der Waals surface area contributed by atoms with E-state index >= 15 is 0 Å². The Morgan fingerprint density at radius 2 is 1.58 bits per heavy atom. The smallest absolute Gasteiger partial charge is 0.000992 e. The Kier molecular flexibility index (Phi) is 4.93. The highest BCUT2D eigenvalue weighted by molar-refractivity contribution is 5.75. The van der Waals surface area contributed by atoms with Gasteiger partial charge in [0.15, 0.2) is 0 Å². The first-order chi connectivity index (χ1) is 9.27. The van der Waals surface area contributed by atoms with Crippen LogP contribution in [0.5, 0.6) is 0 Å². The van der Waals surface area contributed by atoms with E-state index in [1.54, 1.807) is 0 Å². The van der Waals surface area contributed by atoms with Crippen LogP contribution in [-0.4, -0.2) is 25.5 Å². The van der Waals surface area contributed by atoms with Crippen LogP contribution in [-0.2, 0) is 0 Å². The maximum absolute atomic E-state index is 2.25. The minimum atomic E-state index is 1.08. The molecule has 0 unspecified atom stereocenters. The van der Waals surface area contributed by atoms with E-state index in [1.165, 1.54) is 16.7 Å². The second kappa shape index (κ2) is 6.91. The Morgan fingerprint density at radius 1 is 0.895 bits per heavy atom. The van der Waals surface area contributed by atoms with Crippen LogP contribution < -0.4 is 0 Å². The van der Waals surface area contributed by atoms with Crippen molar-refractivity contribution in [3.63, 3.8) is 0 Å². The Bertz CT molecular complexity index is 526. The van der Waals surface area contributed by atoms with Crippen molar-refractivity contribution in [3.05, 3.63) is 66.2 Å². The molecule has 0 heterocycles. The molecule has 0 spiro atoms. The fourth-order valence-electron chi connectivity index (χ4n) is 2.07. The maximum Gasteiger partial charge on any atom is 0.000992 e. The summed E-state index contributed by atoms with van der Waals surface area (Å²) >= 11 is 0. The van der Waals surface area contributed by atoms with Crippen LogP contribution in [0.3, 0.4) is 0 Å². The first-order valence-corrected chi connectivity index (χ1v) is 6.73. The summed E-state index contributed by atoms with van der Waals surface area (Å²) < 4.78 is 0. The second-order valence-electron chi connectivity index (χ2n) is 4.95. The number of benzene rings is 2. The van der Waals surface area contributed by atoms with E-state index in [4.69, 9.17) is 0 Å². The van der Waals surface area contributed by atoms with Crippen molar-refractivity contribution in [1.82, 2.24) is 4.90 Å². The minimum absolute atomic E-state index is 1.08. The first-order valence-electron chi connectivity index (χ1n) is 6.73. The molecule has 2 aromatic carbocycles. The standard InChI is InChI=1S/C18H21N/c1-19(2)15-9-8-13-17-12-6-7-14-18(17)16-10-4-3-5-11-16/h3-8,10-14H,9,15H2,1-2H3. The summed E-state index contributed by atoms with van der Waals surface area (Å²) in [6.07, 6.45) is 5.56. The Balaban J connectivity index is 2.18. The van der Waals surface area contributed by atoms with Gasteiger partial charge in [0.2, 0.25) is 0 Å². The van der Waals surface area contributed by atoms with Crippen molar-refractivity contribution in [2.75, 3.05) is 20.6 Å². The molecule has 0 radical (unpaired) electrons. The Morgan fingerprint density at radius 3 is 2.32 bits per heavy atom. The molecule has 0 N–H and O–H groups in total. The lowest BCUT2D eigenvalue weighted by atomic mass is 9.99. The molecule has 2 aromatic rings. The quantitative estimate of drug-likeness (QED) is 0.765. The minimum Gasteiger partial charge on any atom is -0.309 e. The molecule has 1 nitrogen and oxygen atoms in total. The first kappa shape index (κ1) is 13.6. The highest BCUT2D eigenvalue weighted by Crippen LogP contribution is 2.24. The van der Waals surface area contributed by atoms with E-state index in [2.05, 4.69) is 85.7 Å². The topological polar surface area (TPSA) is 3.24 Å². The van der Waals surface area contributed by atoms with Crippen LogP contribution in [0.15, 0.2) is 60.7 Å². The molecule has 0 fully saturated rings. The van der Waals surface area contributed by atoms with E-state index in [9.17, 15) is 0 Å². The van der Waals surface area contributed by atoms with Crippen LogP contribution >= 0.6 is 0 Å². The SMILES string of the molecule is CN(C)CCC=Cc1ccccc1-c1ccccc1. The number of hydrogen-bond donors (Lipinski definition) is 0. The Hall–Kier alpha value is -1.86. The van der Waals surface area contributed by atoms with Crippen molar-refractivity contribution in [1.29, 1.82) is 0 Å². The van der Waals surface area contributed by atoms with Gasteiger partial charge in [-0.25, -0.2) is 0 Å². The molecule has 0 aromatic heterocycles. The van der Waals surface area contributed by atoms with Crippen LogP contribution in [0.2, 0.25) is 0 Å². The van der Waals surface area contributed by atoms with Gasteiger partial charge in [-0.15, -0.1) is 0 Å². The van der Waals surface area contributed by atoms with Crippen molar-refractivity contribution in [2.45, 2.75) is 6.42 Å². The largest absolute Gasteiger partial charge is 0.309 e. The van der Waals surface area contributed by atoms with Crippen LogP contribution in [0.25, 0.3) is 17.2 Å². The molecule has 2 rings (SSSR count). The van der Waals surface area contributed by atoms with Crippen LogP contribution in [0.4, 0.5) is 0 Å². The van der Waals surface area contributed by atoms with E-state index in [1.807, 2.05) is 0 Å². The molecule has 98 valence electrons. The second-order valence-corrected chi connectivity index (χ2v) is 4.95. The van der Waals surface area contributed by atoms with E-state index in [0.29, 0.717) is 0 Å². The molecule has 0 saturated carbocycles. The van der Waals surface area contributed by atoms with E-state index < -0.39 is 0 Å². The molecule has 0 aliphatic heterocycles. The molecule has 0 amide bonds. The molecule has 0 aliphatic carbocycles. The van der Waals surface area contributed by atoms with Crippen LogP contribution in [0, 0.1) is 0 Å². The zero-order valence-electron chi connectivity index (χ0n) is 11.7. The summed E-state index contributed by atoms with van der Waals surface area (Å²) in [5.41, 5.74) is 3.85. The Labute approximate surface area is 116 Å². The molecule has 0 bridgehead atoms. The van der Waals surface area contributed by atoms with Gasteiger partial charge in [0.25, 0.3) is 0 Å². The van der Waals surface area contributed by atoms with Gasteiger partial charge in [-0.1, -0.05) is 66.7 Å². The molecule has 19 heavy (non-hydrogen) atoms. The zero-order valence-corrected chi connectivity index (χ0v) is 11.7. The monoisotopic (exact) mass is 251 g/mol. The summed E-state index contributed by atoms with van der Waals surface area (Å²) in [6.45, 7) is 1.09. The third kappa shape index (κ3) is 4.08. The molecule has 0 aliphatic rings. The zero-order chi connectivity index (χ0) is 13.5.